The van der Waals surface area contributed by atoms with Gasteiger partial charge in [-0.3, -0.25) is 0 Å². The summed E-state index contributed by atoms with van der Waals surface area (Å²) in [5.74, 6) is 0.654. The second-order valence-electron chi connectivity index (χ2n) is 4.59. The number of hydrogen-bond donors (Lipinski definition) is 2. The zero-order valence-corrected chi connectivity index (χ0v) is 12.5. The van der Waals surface area contributed by atoms with Crippen LogP contribution in [-0.4, -0.2) is 31.2 Å². The molecule has 1 atom stereocenters. The number of halogens is 1. The molecule has 0 radical (unpaired) electrons. The van der Waals surface area contributed by atoms with Crippen molar-refractivity contribution in [3.8, 4) is 5.75 Å². The molecule has 6 heteroatoms. The number of sulfonamides is 1. The van der Waals surface area contributed by atoms with Crippen molar-refractivity contribution < 1.29 is 13.5 Å². The fraction of sp³-hybridized carbons (Fsp3) is 0.538. The lowest BCUT2D eigenvalue weighted by Crippen LogP contribution is -2.34. The lowest BCUT2D eigenvalue weighted by atomic mass is 10.1. The minimum Gasteiger partial charge on any atom is -0.508 e. The molecule has 108 valence electrons. The number of benzene rings is 1. The van der Waals surface area contributed by atoms with Gasteiger partial charge in [-0.15, -0.1) is 11.6 Å². The molecule has 0 saturated carbocycles. The number of aryl methyl sites for hydroxylation is 1. The molecule has 1 aromatic rings. The second kappa shape index (κ2) is 7.72. The Bertz CT molecular complexity index is 473. The molecule has 0 aliphatic rings. The third-order valence-corrected chi connectivity index (χ3v) is 4.58. The molecular formula is C13H20ClNO3S. The van der Waals surface area contributed by atoms with E-state index in [0.29, 0.717) is 18.7 Å². The molecule has 19 heavy (non-hydrogen) atoms. The van der Waals surface area contributed by atoms with Crippen molar-refractivity contribution in [3.05, 3.63) is 29.8 Å². The van der Waals surface area contributed by atoms with E-state index < -0.39 is 10.0 Å². The summed E-state index contributed by atoms with van der Waals surface area (Å²) >= 11 is 5.49. The van der Waals surface area contributed by atoms with Crippen molar-refractivity contribution in [1.29, 1.82) is 0 Å². The molecule has 0 bridgehead atoms. The second-order valence-corrected chi connectivity index (χ2v) is 6.84. The Morgan fingerprint density at radius 3 is 2.53 bits per heavy atom. The van der Waals surface area contributed by atoms with Crippen molar-refractivity contribution in [3.63, 3.8) is 0 Å². The van der Waals surface area contributed by atoms with Crippen LogP contribution in [0.15, 0.2) is 24.3 Å². The van der Waals surface area contributed by atoms with Crippen molar-refractivity contribution in [2.45, 2.75) is 32.2 Å². The smallest absolute Gasteiger partial charge is 0.211 e. The van der Waals surface area contributed by atoms with Gasteiger partial charge in [-0.05, 0) is 43.9 Å². The fourth-order valence-corrected chi connectivity index (χ4v) is 3.38. The van der Waals surface area contributed by atoms with Crippen LogP contribution in [0.1, 0.15) is 25.3 Å². The summed E-state index contributed by atoms with van der Waals surface area (Å²) in [6.07, 6.45) is 1.94. The zero-order valence-electron chi connectivity index (χ0n) is 11.0. The number of phenolic OH excluding ortho intramolecular Hbond substituents is 1. The van der Waals surface area contributed by atoms with E-state index in [0.717, 1.165) is 12.0 Å². The number of nitrogens with one attached hydrogen (secondary N) is 1. The van der Waals surface area contributed by atoms with Crippen LogP contribution in [-0.2, 0) is 16.4 Å². The predicted molar refractivity (Wildman–Crippen MR) is 78.1 cm³/mol. The maximum Gasteiger partial charge on any atom is 0.211 e. The van der Waals surface area contributed by atoms with Gasteiger partial charge in [0.25, 0.3) is 0 Å². The highest BCUT2D eigenvalue weighted by Gasteiger charge is 2.13. The third kappa shape index (κ3) is 6.80. The van der Waals surface area contributed by atoms with E-state index in [1.54, 1.807) is 12.1 Å². The zero-order chi connectivity index (χ0) is 14.3. The van der Waals surface area contributed by atoms with Crippen LogP contribution < -0.4 is 4.72 Å². The SMILES string of the molecule is CC(CCc1ccc(O)cc1)NS(=O)(=O)CCCCl. The minimum absolute atomic E-state index is 0.0695. The first-order chi connectivity index (χ1) is 8.93. The predicted octanol–water partition coefficient (Wildman–Crippen LogP) is 2.26. The van der Waals surface area contributed by atoms with Crippen LogP contribution in [0.4, 0.5) is 0 Å². The van der Waals surface area contributed by atoms with Crippen molar-refractivity contribution in [1.82, 2.24) is 4.72 Å². The maximum absolute atomic E-state index is 11.7. The van der Waals surface area contributed by atoms with E-state index in [4.69, 9.17) is 16.7 Å². The average Bonchev–Trinajstić information content (AvgIpc) is 2.35. The van der Waals surface area contributed by atoms with Gasteiger partial charge in [0.1, 0.15) is 5.75 Å². The van der Waals surface area contributed by atoms with Crippen molar-refractivity contribution >= 4 is 21.6 Å². The third-order valence-electron chi connectivity index (χ3n) is 2.73. The number of phenols is 1. The van der Waals surface area contributed by atoms with Crippen molar-refractivity contribution in [2.75, 3.05) is 11.6 Å². The Balaban J connectivity index is 2.39. The Labute approximate surface area is 119 Å². The number of rotatable bonds is 8. The summed E-state index contributed by atoms with van der Waals surface area (Å²) in [7, 11) is -3.23. The molecule has 1 aromatic carbocycles. The molecule has 2 N–H and O–H groups in total. The van der Waals surface area contributed by atoms with E-state index in [9.17, 15) is 8.42 Å². The minimum atomic E-state index is -3.23. The summed E-state index contributed by atoms with van der Waals surface area (Å²) < 4.78 is 25.9. The quantitative estimate of drug-likeness (QED) is 0.724. The Hall–Kier alpha value is -0.780. The maximum atomic E-state index is 11.7. The molecule has 1 rings (SSSR count). The van der Waals surface area contributed by atoms with Crippen LogP contribution in [0.3, 0.4) is 0 Å². The van der Waals surface area contributed by atoms with Gasteiger partial charge in [-0.1, -0.05) is 12.1 Å². The first kappa shape index (κ1) is 16.3. The standard InChI is InChI=1S/C13H20ClNO3S/c1-11(15-19(17,18)10-2-9-14)3-4-12-5-7-13(16)8-6-12/h5-8,11,15-16H,2-4,9-10H2,1H3. The Morgan fingerprint density at radius 2 is 1.95 bits per heavy atom. The van der Waals surface area contributed by atoms with Crippen molar-refractivity contribution in [2.24, 2.45) is 0 Å². The van der Waals surface area contributed by atoms with Gasteiger partial charge in [-0.2, -0.15) is 0 Å². The number of alkyl halides is 1. The summed E-state index contributed by atoms with van der Waals surface area (Å²) in [6.45, 7) is 1.85. The van der Waals surface area contributed by atoms with Gasteiger partial charge < -0.3 is 5.11 Å². The first-order valence-electron chi connectivity index (χ1n) is 6.27. The molecule has 0 amide bonds. The summed E-state index contributed by atoms with van der Waals surface area (Å²) in [6, 6.07) is 6.82. The first-order valence-corrected chi connectivity index (χ1v) is 8.45. The molecule has 4 nitrogen and oxygen atoms in total. The molecule has 0 spiro atoms. The Morgan fingerprint density at radius 1 is 1.32 bits per heavy atom. The van der Waals surface area contributed by atoms with Crippen LogP contribution in [0.5, 0.6) is 5.75 Å². The molecule has 0 fully saturated rings. The van der Waals surface area contributed by atoms with Gasteiger partial charge in [0.05, 0.1) is 5.75 Å². The highest BCUT2D eigenvalue weighted by atomic mass is 35.5. The van der Waals surface area contributed by atoms with E-state index in [1.165, 1.54) is 0 Å². The van der Waals surface area contributed by atoms with Crippen LogP contribution in [0, 0.1) is 0 Å². The highest BCUT2D eigenvalue weighted by molar-refractivity contribution is 7.89. The molecule has 0 aliphatic carbocycles. The topological polar surface area (TPSA) is 66.4 Å². The van der Waals surface area contributed by atoms with E-state index in [2.05, 4.69) is 4.72 Å². The van der Waals surface area contributed by atoms with Crippen LogP contribution >= 0.6 is 11.6 Å². The molecule has 0 aliphatic heterocycles. The normalized spacial score (nSPS) is 13.4. The van der Waals surface area contributed by atoms with Gasteiger partial charge >= 0.3 is 0 Å². The van der Waals surface area contributed by atoms with Gasteiger partial charge in [-0.25, -0.2) is 13.1 Å². The summed E-state index contributed by atoms with van der Waals surface area (Å²) in [5.41, 5.74) is 1.07. The molecule has 0 aromatic heterocycles. The highest BCUT2D eigenvalue weighted by Crippen LogP contribution is 2.12. The fourth-order valence-electron chi connectivity index (χ4n) is 1.71. The summed E-state index contributed by atoms with van der Waals surface area (Å²) in [5, 5.41) is 9.17. The summed E-state index contributed by atoms with van der Waals surface area (Å²) in [4.78, 5) is 0. The van der Waals surface area contributed by atoms with Gasteiger partial charge in [0.15, 0.2) is 0 Å². The lowest BCUT2D eigenvalue weighted by molar-refractivity contribution is 0.475. The van der Waals surface area contributed by atoms with Gasteiger partial charge in [0.2, 0.25) is 10.0 Å². The number of aromatic hydroxyl groups is 1. The molecular weight excluding hydrogens is 286 g/mol. The van der Waals surface area contributed by atoms with Crippen LogP contribution in [0.25, 0.3) is 0 Å². The number of hydrogen-bond acceptors (Lipinski definition) is 3. The monoisotopic (exact) mass is 305 g/mol. The largest absolute Gasteiger partial charge is 0.508 e. The van der Waals surface area contributed by atoms with E-state index >= 15 is 0 Å². The molecule has 1 unspecified atom stereocenters. The van der Waals surface area contributed by atoms with E-state index in [-0.39, 0.29) is 17.5 Å². The van der Waals surface area contributed by atoms with E-state index in [1.807, 2.05) is 19.1 Å². The Kier molecular flexibility index (Phi) is 6.62. The van der Waals surface area contributed by atoms with Gasteiger partial charge in [0, 0.05) is 11.9 Å². The average molecular weight is 306 g/mol. The molecule has 0 saturated heterocycles. The molecule has 0 heterocycles. The lowest BCUT2D eigenvalue weighted by Gasteiger charge is -2.14. The van der Waals surface area contributed by atoms with Crippen LogP contribution in [0.2, 0.25) is 0 Å².